The summed E-state index contributed by atoms with van der Waals surface area (Å²) in [6.45, 7) is 3.18. The fraction of sp³-hybridized carbons (Fsp3) is 0.600. The number of halogens is 3. The van der Waals surface area contributed by atoms with Crippen LogP contribution in [0.25, 0.3) is 5.65 Å². The third-order valence-corrected chi connectivity index (χ3v) is 4.21. The molecule has 1 saturated heterocycles. The Labute approximate surface area is 137 Å². The van der Waals surface area contributed by atoms with Crippen molar-refractivity contribution in [2.75, 3.05) is 25.0 Å². The Bertz CT molecular complexity index is 727. The lowest BCUT2D eigenvalue weighted by molar-refractivity contribution is -0.256. The van der Waals surface area contributed by atoms with Crippen LogP contribution in [-0.4, -0.2) is 62.1 Å². The zero-order valence-electron chi connectivity index (χ0n) is 13.5. The fourth-order valence-corrected chi connectivity index (χ4v) is 2.91. The van der Waals surface area contributed by atoms with E-state index in [1.54, 1.807) is 15.5 Å². The third-order valence-electron chi connectivity index (χ3n) is 4.21. The first-order chi connectivity index (χ1) is 11.1. The van der Waals surface area contributed by atoms with Crippen molar-refractivity contribution in [3.8, 4) is 0 Å². The number of nitrogens with zero attached hydrogens (tertiary/aromatic N) is 4. The molecule has 6 nitrogen and oxygen atoms in total. The maximum atomic E-state index is 12.8. The number of imidazole rings is 1. The molecule has 132 valence electrons. The van der Waals surface area contributed by atoms with E-state index in [1.807, 2.05) is 19.2 Å². The molecule has 3 rings (SSSR count). The smallest absolute Gasteiger partial charge is 0.380 e. The van der Waals surface area contributed by atoms with Gasteiger partial charge in [0.25, 0.3) is 0 Å². The van der Waals surface area contributed by atoms with Gasteiger partial charge in [-0.05, 0) is 32.4 Å². The molecule has 3 heterocycles. The van der Waals surface area contributed by atoms with E-state index < -0.39 is 18.3 Å². The maximum Gasteiger partial charge on any atom is 0.418 e. The van der Waals surface area contributed by atoms with Crippen molar-refractivity contribution < 1.29 is 18.3 Å². The quantitative estimate of drug-likeness (QED) is 0.887. The number of aryl methyl sites for hydroxylation is 1. The average molecular weight is 343 g/mol. The van der Waals surface area contributed by atoms with Gasteiger partial charge in [-0.25, -0.2) is 9.50 Å². The number of aromatic nitrogens is 3. The molecule has 0 unspecified atom stereocenters. The first kappa shape index (κ1) is 17.0. The molecule has 0 radical (unpaired) electrons. The van der Waals surface area contributed by atoms with Crippen LogP contribution in [0.3, 0.4) is 0 Å². The van der Waals surface area contributed by atoms with Crippen LogP contribution in [-0.2, 0) is 0 Å². The monoisotopic (exact) mass is 343 g/mol. The zero-order valence-corrected chi connectivity index (χ0v) is 13.5. The van der Waals surface area contributed by atoms with E-state index in [1.165, 1.54) is 0 Å². The van der Waals surface area contributed by atoms with E-state index >= 15 is 0 Å². The Hall–Kier alpha value is -1.87. The SMILES string of the molecule is Cc1cn2nc(N[C@H]3CCN(C[C@@](C)(O)C(F)(F)F)C3)ccc2n1. The minimum absolute atomic E-state index is 0.0106. The van der Waals surface area contributed by atoms with Crippen molar-refractivity contribution in [3.63, 3.8) is 0 Å². The Balaban J connectivity index is 1.61. The molecule has 1 fully saturated rings. The molecule has 2 atom stereocenters. The third kappa shape index (κ3) is 3.46. The van der Waals surface area contributed by atoms with Crippen molar-refractivity contribution in [2.45, 2.75) is 38.1 Å². The number of aliphatic hydroxyl groups is 1. The summed E-state index contributed by atoms with van der Waals surface area (Å²) in [5, 5.41) is 17.2. The van der Waals surface area contributed by atoms with Gasteiger partial charge in [0.15, 0.2) is 11.2 Å². The highest BCUT2D eigenvalue weighted by Gasteiger charge is 2.51. The van der Waals surface area contributed by atoms with Gasteiger partial charge in [-0.3, -0.25) is 4.90 Å². The maximum absolute atomic E-state index is 12.8. The van der Waals surface area contributed by atoms with Crippen LogP contribution in [0.5, 0.6) is 0 Å². The van der Waals surface area contributed by atoms with E-state index in [9.17, 15) is 18.3 Å². The number of rotatable bonds is 4. The average Bonchev–Trinajstić information content (AvgIpc) is 3.02. The number of β-amino-alcohol motifs (C(OH)–C–C–N with tert-alkyl or cyclic N) is 1. The Morgan fingerprint density at radius 3 is 2.83 bits per heavy atom. The molecule has 2 N–H and O–H groups in total. The summed E-state index contributed by atoms with van der Waals surface area (Å²) in [6.07, 6.45) is -2.14. The van der Waals surface area contributed by atoms with E-state index in [2.05, 4.69) is 15.4 Å². The van der Waals surface area contributed by atoms with Crippen LogP contribution >= 0.6 is 0 Å². The molecular weight excluding hydrogens is 323 g/mol. The first-order valence-corrected chi connectivity index (χ1v) is 7.75. The van der Waals surface area contributed by atoms with E-state index in [0.717, 1.165) is 18.3 Å². The van der Waals surface area contributed by atoms with Gasteiger partial charge in [0.2, 0.25) is 0 Å². The number of alkyl halides is 3. The molecule has 0 spiro atoms. The number of anilines is 1. The fourth-order valence-electron chi connectivity index (χ4n) is 2.91. The van der Waals surface area contributed by atoms with Gasteiger partial charge >= 0.3 is 6.18 Å². The lowest BCUT2D eigenvalue weighted by atomic mass is 10.1. The normalized spacial score (nSPS) is 22.0. The van der Waals surface area contributed by atoms with Gasteiger partial charge in [0.05, 0.1) is 11.9 Å². The summed E-state index contributed by atoms with van der Waals surface area (Å²) in [6, 6.07) is 3.63. The van der Waals surface area contributed by atoms with Crippen LogP contribution in [0.4, 0.5) is 19.0 Å². The van der Waals surface area contributed by atoms with Crippen LogP contribution in [0.2, 0.25) is 0 Å². The second-order valence-corrected chi connectivity index (χ2v) is 6.54. The summed E-state index contributed by atoms with van der Waals surface area (Å²) < 4.78 is 40.0. The predicted octanol–water partition coefficient (Wildman–Crippen LogP) is 1.84. The highest BCUT2D eigenvalue weighted by Crippen LogP contribution is 2.31. The van der Waals surface area contributed by atoms with Crippen LogP contribution in [0, 0.1) is 6.92 Å². The minimum Gasteiger partial charge on any atom is -0.380 e. The van der Waals surface area contributed by atoms with Crippen LogP contribution in [0.1, 0.15) is 19.0 Å². The zero-order chi connectivity index (χ0) is 17.5. The molecule has 2 aromatic rings. The molecule has 1 aliphatic heterocycles. The Morgan fingerprint density at radius 2 is 2.12 bits per heavy atom. The summed E-state index contributed by atoms with van der Waals surface area (Å²) in [5.41, 5.74) is -1.10. The minimum atomic E-state index is -4.63. The lowest BCUT2D eigenvalue weighted by Crippen LogP contribution is -2.51. The predicted molar refractivity (Wildman–Crippen MR) is 82.9 cm³/mol. The van der Waals surface area contributed by atoms with Crippen molar-refractivity contribution >= 4 is 11.5 Å². The Kier molecular flexibility index (Phi) is 4.16. The number of hydrogen-bond donors (Lipinski definition) is 2. The second-order valence-electron chi connectivity index (χ2n) is 6.54. The van der Waals surface area contributed by atoms with Gasteiger partial charge in [0, 0.05) is 25.7 Å². The molecule has 9 heteroatoms. The highest BCUT2D eigenvalue weighted by atomic mass is 19.4. The van der Waals surface area contributed by atoms with Crippen molar-refractivity contribution in [1.29, 1.82) is 0 Å². The summed E-state index contributed by atoms with van der Waals surface area (Å²) >= 11 is 0. The molecule has 0 bridgehead atoms. The van der Waals surface area contributed by atoms with Gasteiger partial charge in [-0.15, -0.1) is 5.10 Å². The van der Waals surface area contributed by atoms with E-state index in [-0.39, 0.29) is 6.04 Å². The van der Waals surface area contributed by atoms with Gasteiger partial charge in [0.1, 0.15) is 5.82 Å². The van der Waals surface area contributed by atoms with Gasteiger partial charge in [-0.1, -0.05) is 0 Å². The van der Waals surface area contributed by atoms with Gasteiger partial charge < -0.3 is 10.4 Å². The molecule has 2 aromatic heterocycles. The van der Waals surface area contributed by atoms with E-state index in [4.69, 9.17) is 0 Å². The van der Waals surface area contributed by atoms with E-state index in [0.29, 0.717) is 25.3 Å². The van der Waals surface area contributed by atoms with Crippen LogP contribution < -0.4 is 5.32 Å². The molecule has 0 aromatic carbocycles. The molecule has 0 amide bonds. The molecule has 0 aliphatic carbocycles. The summed E-state index contributed by atoms with van der Waals surface area (Å²) in [4.78, 5) is 5.91. The number of nitrogens with one attached hydrogen (secondary N) is 1. The summed E-state index contributed by atoms with van der Waals surface area (Å²) in [7, 11) is 0. The van der Waals surface area contributed by atoms with Crippen molar-refractivity contribution in [3.05, 3.63) is 24.0 Å². The van der Waals surface area contributed by atoms with Gasteiger partial charge in [-0.2, -0.15) is 13.2 Å². The Morgan fingerprint density at radius 1 is 1.38 bits per heavy atom. The van der Waals surface area contributed by atoms with Crippen molar-refractivity contribution in [2.24, 2.45) is 0 Å². The van der Waals surface area contributed by atoms with Crippen LogP contribution in [0.15, 0.2) is 18.3 Å². The van der Waals surface area contributed by atoms with Crippen molar-refractivity contribution in [1.82, 2.24) is 19.5 Å². The molecule has 0 saturated carbocycles. The second kappa shape index (κ2) is 5.89. The standard InChI is InChI=1S/C15H20F3N5O/c1-10-7-23-13(19-10)4-3-12(21-23)20-11-5-6-22(8-11)9-14(2,24)15(16,17)18/h3-4,7,11,24H,5-6,8-9H2,1-2H3,(H,20,21)/t11-,14+/m0/s1. The topological polar surface area (TPSA) is 65.7 Å². The molecule has 1 aliphatic rings. The number of likely N-dealkylation sites (tertiary alicyclic amines) is 1. The number of fused-ring (bicyclic) bond motifs is 1. The molecule has 24 heavy (non-hydrogen) atoms. The highest BCUT2D eigenvalue weighted by molar-refractivity contribution is 5.45. The number of hydrogen-bond acceptors (Lipinski definition) is 5. The lowest BCUT2D eigenvalue weighted by Gasteiger charge is -2.30. The largest absolute Gasteiger partial charge is 0.418 e. The molecular formula is C15H20F3N5O. The summed E-state index contributed by atoms with van der Waals surface area (Å²) in [5.74, 6) is 0.648. The first-order valence-electron chi connectivity index (χ1n) is 7.75.